The number of hydrogen-bond acceptors (Lipinski definition) is 4. The van der Waals surface area contributed by atoms with Gasteiger partial charge in [-0.2, -0.15) is 0 Å². The monoisotopic (exact) mass is 371 g/mol. The Hall–Kier alpha value is -1.33. The molecule has 0 spiro atoms. The van der Waals surface area contributed by atoms with Crippen LogP contribution in [0.1, 0.15) is 71.3 Å². The van der Waals surface area contributed by atoms with Gasteiger partial charge in [0.25, 0.3) is 0 Å². The lowest BCUT2D eigenvalue weighted by Gasteiger charge is -2.42. The predicted molar refractivity (Wildman–Crippen MR) is 111 cm³/mol. The first-order valence-corrected chi connectivity index (χ1v) is 10.4. The number of anilines is 1. The molecular formula is C22H34BNO3. The van der Waals surface area contributed by atoms with Crippen LogP contribution in [0, 0.1) is 11.3 Å². The van der Waals surface area contributed by atoms with E-state index in [1.54, 1.807) is 6.07 Å². The maximum absolute atomic E-state index is 13.9. The Morgan fingerprint density at radius 1 is 1.11 bits per heavy atom. The largest absolute Gasteiger partial charge is 0.488 e. The number of Topliss-reactive ketones (excluding diaryl/α,β-unsaturated/α-hetero) is 1. The summed E-state index contributed by atoms with van der Waals surface area (Å²) in [6.07, 6.45) is 8.27. The fourth-order valence-electron chi connectivity index (χ4n) is 5.30. The predicted octanol–water partition coefficient (Wildman–Crippen LogP) is 3.03. The Morgan fingerprint density at radius 2 is 1.70 bits per heavy atom. The number of rotatable bonds is 3. The van der Waals surface area contributed by atoms with E-state index in [0.717, 1.165) is 24.1 Å². The molecule has 0 bridgehead atoms. The Balaban J connectivity index is 2.17. The van der Waals surface area contributed by atoms with Crippen molar-refractivity contribution in [1.29, 1.82) is 0 Å². The lowest BCUT2D eigenvalue weighted by Crippen LogP contribution is -2.51. The van der Waals surface area contributed by atoms with Crippen LogP contribution in [0.2, 0.25) is 0 Å². The van der Waals surface area contributed by atoms with Gasteiger partial charge >= 0.3 is 7.12 Å². The standard InChI is InChI=1S/C22H34BNO3/c1-21(2,3)20(25)22(16-10-8-6-5-7-9-11-16)15-24(4)19-13-12-17(23(26)27)14-18(19)22/h12-14,16,26-27H,5-11,15H2,1-4H3. The van der Waals surface area contributed by atoms with Crippen LogP contribution in [0.5, 0.6) is 0 Å². The van der Waals surface area contributed by atoms with Crippen LogP contribution in [0.3, 0.4) is 0 Å². The highest BCUT2D eigenvalue weighted by molar-refractivity contribution is 6.58. The van der Waals surface area contributed by atoms with Crippen LogP contribution >= 0.6 is 0 Å². The zero-order valence-electron chi connectivity index (χ0n) is 17.3. The molecule has 3 rings (SSSR count). The molecule has 1 saturated carbocycles. The number of benzene rings is 1. The third kappa shape index (κ3) is 3.69. The number of hydrogen-bond donors (Lipinski definition) is 2. The summed E-state index contributed by atoms with van der Waals surface area (Å²) in [6, 6.07) is 5.59. The van der Waals surface area contributed by atoms with Crippen LogP contribution < -0.4 is 10.4 Å². The van der Waals surface area contributed by atoms with Crippen LogP contribution in [-0.2, 0) is 10.2 Å². The van der Waals surface area contributed by atoms with E-state index in [9.17, 15) is 14.8 Å². The second-order valence-electron chi connectivity index (χ2n) is 9.60. The zero-order valence-corrected chi connectivity index (χ0v) is 17.3. The van der Waals surface area contributed by atoms with Crippen molar-refractivity contribution < 1.29 is 14.8 Å². The van der Waals surface area contributed by atoms with Gasteiger partial charge in [-0.3, -0.25) is 4.79 Å². The van der Waals surface area contributed by atoms with Crippen LogP contribution in [0.15, 0.2) is 18.2 Å². The maximum Gasteiger partial charge on any atom is 0.488 e. The topological polar surface area (TPSA) is 60.8 Å². The van der Waals surface area contributed by atoms with E-state index < -0.39 is 17.9 Å². The molecule has 0 amide bonds. The molecule has 1 aliphatic carbocycles. The number of fused-ring (bicyclic) bond motifs is 1. The van der Waals surface area contributed by atoms with Gasteiger partial charge < -0.3 is 14.9 Å². The lowest BCUT2D eigenvalue weighted by atomic mass is 9.59. The van der Waals surface area contributed by atoms with Crippen molar-refractivity contribution in [3.63, 3.8) is 0 Å². The molecule has 1 aromatic rings. The van der Waals surface area contributed by atoms with Gasteiger partial charge in [0.15, 0.2) is 5.78 Å². The Labute approximate surface area is 164 Å². The van der Waals surface area contributed by atoms with Gasteiger partial charge in [-0.05, 0) is 35.9 Å². The molecule has 5 heteroatoms. The molecule has 1 fully saturated rings. The van der Waals surface area contributed by atoms with E-state index in [1.807, 2.05) is 32.9 Å². The average molecular weight is 371 g/mol. The SMILES string of the molecule is CN1CC(C(=O)C(C)(C)C)(C2CCCCCCC2)c2cc(B(O)O)ccc21. The number of nitrogens with zero attached hydrogens (tertiary/aromatic N) is 1. The smallest absolute Gasteiger partial charge is 0.423 e. The van der Waals surface area contributed by atoms with Gasteiger partial charge in [0, 0.05) is 24.7 Å². The highest BCUT2D eigenvalue weighted by Crippen LogP contribution is 2.51. The van der Waals surface area contributed by atoms with Gasteiger partial charge in [0.05, 0.1) is 5.41 Å². The van der Waals surface area contributed by atoms with E-state index in [2.05, 4.69) is 11.9 Å². The highest BCUT2D eigenvalue weighted by atomic mass is 16.4. The number of likely N-dealkylation sites (N-methyl/N-ethyl adjacent to an activating group) is 1. The normalized spacial score (nSPS) is 24.3. The summed E-state index contributed by atoms with van der Waals surface area (Å²) in [4.78, 5) is 16.1. The molecule has 1 aromatic carbocycles. The summed E-state index contributed by atoms with van der Waals surface area (Å²) in [5, 5.41) is 19.5. The molecular weight excluding hydrogens is 337 g/mol. The molecule has 1 unspecified atom stereocenters. The Morgan fingerprint density at radius 3 is 2.26 bits per heavy atom. The van der Waals surface area contributed by atoms with Crippen molar-refractivity contribution in [2.45, 2.75) is 71.1 Å². The van der Waals surface area contributed by atoms with Crippen molar-refractivity contribution >= 4 is 24.1 Å². The third-order valence-corrected chi connectivity index (χ3v) is 6.59. The van der Waals surface area contributed by atoms with Crippen molar-refractivity contribution in [2.24, 2.45) is 11.3 Å². The van der Waals surface area contributed by atoms with Gasteiger partial charge in [0.1, 0.15) is 0 Å². The number of carbonyl (C=O) groups is 1. The highest BCUT2D eigenvalue weighted by Gasteiger charge is 2.55. The lowest BCUT2D eigenvalue weighted by molar-refractivity contribution is -0.134. The van der Waals surface area contributed by atoms with Gasteiger partial charge in [-0.25, -0.2) is 0 Å². The first-order valence-electron chi connectivity index (χ1n) is 10.4. The van der Waals surface area contributed by atoms with E-state index in [1.165, 1.54) is 32.1 Å². The first kappa shape index (κ1) is 20.4. The summed E-state index contributed by atoms with van der Waals surface area (Å²) < 4.78 is 0. The summed E-state index contributed by atoms with van der Waals surface area (Å²) in [7, 11) is 0.537. The second kappa shape index (κ2) is 7.59. The van der Waals surface area contributed by atoms with Crippen molar-refractivity contribution in [1.82, 2.24) is 0 Å². The molecule has 1 aliphatic heterocycles. The minimum Gasteiger partial charge on any atom is -0.423 e. The molecule has 0 radical (unpaired) electrons. The molecule has 0 saturated heterocycles. The van der Waals surface area contributed by atoms with E-state index >= 15 is 0 Å². The fraction of sp³-hybridized carbons (Fsp3) is 0.682. The van der Waals surface area contributed by atoms with Crippen LogP contribution in [0.4, 0.5) is 5.69 Å². The summed E-state index contributed by atoms with van der Waals surface area (Å²) in [6.45, 7) is 6.74. The van der Waals surface area contributed by atoms with Gasteiger partial charge in [-0.15, -0.1) is 0 Å². The van der Waals surface area contributed by atoms with Gasteiger partial charge in [-0.1, -0.05) is 65.0 Å². The van der Waals surface area contributed by atoms with Crippen molar-refractivity contribution in [2.75, 3.05) is 18.5 Å². The minimum atomic E-state index is -1.51. The maximum atomic E-state index is 13.9. The molecule has 0 aromatic heterocycles. The minimum absolute atomic E-state index is 0.288. The van der Waals surface area contributed by atoms with E-state index in [4.69, 9.17) is 0 Å². The van der Waals surface area contributed by atoms with E-state index in [-0.39, 0.29) is 5.78 Å². The Kier molecular flexibility index (Phi) is 5.74. The van der Waals surface area contributed by atoms with E-state index in [0.29, 0.717) is 17.9 Å². The van der Waals surface area contributed by atoms with Gasteiger partial charge in [0.2, 0.25) is 0 Å². The molecule has 2 aliphatic rings. The fourth-order valence-corrected chi connectivity index (χ4v) is 5.30. The Bertz CT molecular complexity index is 689. The average Bonchev–Trinajstić information content (AvgIpc) is 2.86. The molecule has 148 valence electrons. The zero-order chi connectivity index (χ0) is 19.8. The quantitative estimate of drug-likeness (QED) is 0.802. The van der Waals surface area contributed by atoms with Crippen molar-refractivity contribution in [3.05, 3.63) is 23.8 Å². The van der Waals surface area contributed by atoms with Crippen LogP contribution in [0.25, 0.3) is 0 Å². The third-order valence-electron chi connectivity index (χ3n) is 6.59. The molecule has 1 heterocycles. The first-order chi connectivity index (χ1) is 12.7. The van der Waals surface area contributed by atoms with Crippen molar-refractivity contribution in [3.8, 4) is 0 Å². The summed E-state index contributed by atoms with van der Waals surface area (Å²) >= 11 is 0. The molecule has 4 nitrogen and oxygen atoms in total. The number of carbonyl (C=O) groups excluding carboxylic acids is 1. The summed E-state index contributed by atoms with van der Waals surface area (Å²) in [5.41, 5.74) is 1.52. The summed E-state index contributed by atoms with van der Waals surface area (Å²) in [5.74, 6) is 0.593. The molecule has 2 N–H and O–H groups in total. The molecule has 27 heavy (non-hydrogen) atoms. The van der Waals surface area contributed by atoms with Crippen LogP contribution in [-0.4, -0.2) is 36.5 Å². The second-order valence-corrected chi connectivity index (χ2v) is 9.60. The number of ketones is 1. The molecule has 1 atom stereocenters.